The van der Waals surface area contributed by atoms with E-state index in [1.807, 2.05) is 35.2 Å². The Labute approximate surface area is 172 Å². The highest BCUT2D eigenvalue weighted by Gasteiger charge is 2.22. The maximum Gasteiger partial charge on any atom is 0.251 e. The maximum atomic E-state index is 12.4. The van der Waals surface area contributed by atoms with Crippen LogP contribution in [-0.4, -0.2) is 36.3 Å². The molecule has 0 radical (unpaired) electrons. The van der Waals surface area contributed by atoms with Gasteiger partial charge in [-0.3, -0.25) is 9.59 Å². The van der Waals surface area contributed by atoms with Gasteiger partial charge in [0.05, 0.1) is 6.26 Å². The predicted octanol–water partition coefficient (Wildman–Crippen LogP) is 4.26. The molecule has 0 unspecified atom stereocenters. The first-order valence-corrected chi connectivity index (χ1v) is 10.2. The lowest BCUT2D eigenvalue weighted by Crippen LogP contribution is -2.41. The number of furan rings is 1. The van der Waals surface area contributed by atoms with Crippen LogP contribution in [0, 0.1) is 5.92 Å². The highest BCUT2D eigenvalue weighted by Crippen LogP contribution is 2.22. The van der Waals surface area contributed by atoms with Gasteiger partial charge in [-0.2, -0.15) is 0 Å². The molecule has 5 heteroatoms. The second-order valence-electron chi connectivity index (χ2n) is 8.65. The fraction of sp³-hybridized carbons (Fsp3) is 0.417. The summed E-state index contributed by atoms with van der Waals surface area (Å²) in [5.41, 5.74) is 1.98. The number of rotatable bonds is 5. The van der Waals surface area contributed by atoms with Crippen molar-refractivity contribution in [2.75, 3.05) is 19.6 Å². The van der Waals surface area contributed by atoms with Crippen molar-refractivity contribution in [1.82, 2.24) is 10.2 Å². The minimum atomic E-state index is -0.0367. The summed E-state index contributed by atoms with van der Waals surface area (Å²) in [6.45, 7) is 8.54. The molecule has 1 aliphatic rings. The Balaban J connectivity index is 1.42. The number of hydrogen-bond acceptors (Lipinski definition) is 3. The number of nitrogens with one attached hydrogen (secondary N) is 1. The number of amides is 2. The maximum absolute atomic E-state index is 12.4. The minimum Gasteiger partial charge on any atom is -0.465 e. The summed E-state index contributed by atoms with van der Waals surface area (Å²) in [7, 11) is 0. The SMILES string of the molecule is CC(C)(C)c1ccc(C(=O)NCC2CCN(C(=O)/C=C/c3ccco3)CC2)cc1. The molecule has 0 atom stereocenters. The number of benzene rings is 1. The average molecular weight is 395 g/mol. The molecule has 2 amide bonds. The van der Waals surface area contributed by atoms with Gasteiger partial charge in [-0.15, -0.1) is 0 Å². The van der Waals surface area contributed by atoms with E-state index in [4.69, 9.17) is 4.42 Å². The lowest BCUT2D eigenvalue weighted by atomic mass is 9.86. The first-order chi connectivity index (χ1) is 13.8. The molecule has 5 nitrogen and oxygen atoms in total. The monoisotopic (exact) mass is 394 g/mol. The zero-order chi connectivity index (χ0) is 20.9. The molecule has 0 aliphatic carbocycles. The van der Waals surface area contributed by atoms with Crippen molar-refractivity contribution >= 4 is 17.9 Å². The van der Waals surface area contributed by atoms with Crippen LogP contribution in [0.25, 0.3) is 6.08 Å². The van der Waals surface area contributed by atoms with Gasteiger partial charge < -0.3 is 14.6 Å². The summed E-state index contributed by atoms with van der Waals surface area (Å²) in [5, 5.41) is 3.05. The van der Waals surface area contributed by atoms with E-state index in [1.165, 1.54) is 5.56 Å². The van der Waals surface area contributed by atoms with E-state index in [1.54, 1.807) is 24.5 Å². The molecule has 1 aliphatic heterocycles. The third-order valence-electron chi connectivity index (χ3n) is 5.42. The van der Waals surface area contributed by atoms with E-state index in [0.717, 1.165) is 12.8 Å². The van der Waals surface area contributed by atoms with Gasteiger partial charge in [-0.1, -0.05) is 32.9 Å². The summed E-state index contributed by atoms with van der Waals surface area (Å²) in [6, 6.07) is 11.4. The van der Waals surface area contributed by atoms with Crippen molar-refractivity contribution in [3.05, 3.63) is 65.6 Å². The molecule has 154 valence electrons. The van der Waals surface area contributed by atoms with Gasteiger partial charge in [0, 0.05) is 31.3 Å². The third-order valence-corrected chi connectivity index (χ3v) is 5.42. The molecular formula is C24H30N2O3. The van der Waals surface area contributed by atoms with Crippen LogP contribution in [0.1, 0.15) is 55.3 Å². The number of likely N-dealkylation sites (tertiary alicyclic amines) is 1. The second-order valence-corrected chi connectivity index (χ2v) is 8.65. The van der Waals surface area contributed by atoms with Gasteiger partial charge in [0.15, 0.2) is 0 Å². The largest absolute Gasteiger partial charge is 0.465 e. The number of carbonyl (C=O) groups excluding carboxylic acids is 2. The normalized spacial score (nSPS) is 15.6. The highest BCUT2D eigenvalue weighted by atomic mass is 16.3. The number of piperidine rings is 1. The van der Waals surface area contributed by atoms with E-state index in [0.29, 0.717) is 36.9 Å². The van der Waals surface area contributed by atoms with Crippen LogP contribution >= 0.6 is 0 Å². The Hall–Kier alpha value is -2.82. The third kappa shape index (κ3) is 5.83. The standard InChI is InChI=1S/C24H30N2O3/c1-24(2,3)20-8-6-19(7-9-20)23(28)25-17-18-12-14-26(15-13-18)22(27)11-10-21-5-4-16-29-21/h4-11,16,18H,12-15,17H2,1-3H3,(H,25,28)/b11-10+. The van der Waals surface area contributed by atoms with E-state index >= 15 is 0 Å². The molecule has 1 saturated heterocycles. The average Bonchev–Trinajstić information content (AvgIpc) is 3.24. The molecule has 1 fully saturated rings. The molecule has 1 N–H and O–H groups in total. The summed E-state index contributed by atoms with van der Waals surface area (Å²) >= 11 is 0. The Morgan fingerprint density at radius 3 is 2.41 bits per heavy atom. The second kappa shape index (κ2) is 9.12. The molecule has 0 saturated carbocycles. The summed E-state index contributed by atoms with van der Waals surface area (Å²) < 4.78 is 5.20. The number of carbonyl (C=O) groups is 2. The first-order valence-electron chi connectivity index (χ1n) is 10.2. The molecule has 0 bridgehead atoms. The van der Waals surface area contributed by atoms with Crippen LogP contribution in [0.15, 0.2) is 53.2 Å². The molecular weight excluding hydrogens is 364 g/mol. The molecule has 2 aromatic rings. The summed E-state index contributed by atoms with van der Waals surface area (Å²) in [5.74, 6) is 1.03. The van der Waals surface area contributed by atoms with Crippen molar-refractivity contribution in [1.29, 1.82) is 0 Å². The zero-order valence-electron chi connectivity index (χ0n) is 17.5. The molecule has 0 spiro atoms. The first kappa shape index (κ1) is 20.9. The number of hydrogen-bond donors (Lipinski definition) is 1. The Bertz CT molecular complexity index is 837. The Morgan fingerprint density at radius 1 is 1.14 bits per heavy atom. The Morgan fingerprint density at radius 2 is 1.83 bits per heavy atom. The van der Waals surface area contributed by atoms with Crippen molar-refractivity contribution < 1.29 is 14.0 Å². The lowest BCUT2D eigenvalue weighted by molar-refractivity contribution is -0.127. The van der Waals surface area contributed by atoms with Crippen molar-refractivity contribution in [2.24, 2.45) is 5.92 Å². The lowest BCUT2D eigenvalue weighted by Gasteiger charge is -2.31. The molecule has 29 heavy (non-hydrogen) atoms. The quantitative estimate of drug-likeness (QED) is 0.771. The van der Waals surface area contributed by atoms with Gasteiger partial charge in [0.25, 0.3) is 5.91 Å². The minimum absolute atomic E-state index is 0.00261. The van der Waals surface area contributed by atoms with Crippen LogP contribution in [0.3, 0.4) is 0 Å². The molecule has 3 rings (SSSR count). The van der Waals surface area contributed by atoms with Crippen LogP contribution < -0.4 is 5.32 Å². The summed E-state index contributed by atoms with van der Waals surface area (Å²) in [6.07, 6.45) is 6.62. The van der Waals surface area contributed by atoms with Crippen LogP contribution in [0.5, 0.6) is 0 Å². The zero-order valence-corrected chi connectivity index (χ0v) is 17.5. The van der Waals surface area contributed by atoms with Crippen LogP contribution in [-0.2, 0) is 10.2 Å². The van der Waals surface area contributed by atoms with Crippen LogP contribution in [0.2, 0.25) is 0 Å². The van der Waals surface area contributed by atoms with E-state index < -0.39 is 0 Å². The predicted molar refractivity (Wildman–Crippen MR) is 115 cm³/mol. The highest BCUT2D eigenvalue weighted by molar-refractivity contribution is 5.94. The van der Waals surface area contributed by atoms with Crippen molar-refractivity contribution in [3.8, 4) is 0 Å². The van der Waals surface area contributed by atoms with E-state index in [2.05, 4.69) is 26.1 Å². The molecule has 1 aromatic heterocycles. The van der Waals surface area contributed by atoms with Crippen LogP contribution in [0.4, 0.5) is 0 Å². The van der Waals surface area contributed by atoms with E-state index in [-0.39, 0.29) is 17.2 Å². The van der Waals surface area contributed by atoms with Gasteiger partial charge >= 0.3 is 0 Å². The van der Waals surface area contributed by atoms with E-state index in [9.17, 15) is 9.59 Å². The number of nitrogens with zero attached hydrogens (tertiary/aromatic N) is 1. The Kier molecular flexibility index (Phi) is 6.57. The van der Waals surface area contributed by atoms with Gasteiger partial charge in [-0.25, -0.2) is 0 Å². The summed E-state index contributed by atoms with van der Waals surface area (Å²) in [4.78, 5) is 26.6. The van der Waals surface area contributed by atoms with Crippen molar-refractivity contribution in [3.63, 3.8) is 0 Å². The fourth-order valence-electron chi connectivity index (χ4n) is 3.46. The van der Waals surface area contributed by atoms with Gasteiger partial charge in [0.1, 0.15) is 5.76 Å². The topological polar surface area (TPSA) is 62.6 Å². The smallest absolute Gasteiger partial charge is 0.251 e. The van der Waals surface area contributed by atoms with Gasteiger partial charge in [0.2, 0.25) is 5.91 Å². The molecule has 2 heterocycles. The van der Waals surface area contributed by atoms with Gasteiger partial charge in [-0.05, 0) is 60.1 Å². The molecule has 1 aromatic carbocycles. The van der Waals surface area contributed by atoms with Crippen molar-refractivity contribution in [2.45, 2.75) is 39.0 Å². The fourth-order valence-corrected chi connectivity index (χ4v) is 3.46.